The highest BCUT2D eigenvalue weighted by Crippen LogP contribution is 2.44. The fraction of sp³-hybridized carbons (Fsp3) is 0.519. The van der Waals surface area contributed by atoms with Gasteiger partial charge in [0.25, 0.3) is 0 Å². The van der Waals surface area contributed by atoms with Gasteiger partial charge < -0.3 is 34.3 Å². The number of likely N-dealkylation sites (N-methyl/N-ethyl adjacent to an activating group) is 1. The first-order chi connectivity index (χ1) is 17.3. The number of rotatable bonds is 18. The highest BCUT2D eigenvalue weighted by molar-refractivity contribution is 5.79. The smallest absolute Gasteiger partial charge is 0.407 e. The average molecular weight is 487 g/mol. The molecular weight excluding hydrogens is 448 g/mol. The molecule has 1 amide bonds. The predicted octanol–water partition coefficient (Wildman–Crippen LogP) is 3.20. The Hall–Kier alpha value is -2.49. The Morgan fingerprint density at radius 2 is 1.23 bits per heavy atom. The molecule has 8 nitrogen and oxygen atoms in total. The molecule has 0 heterocycles. The lowest BCUT2D eigenvalue weighted by molar-refractivity contribution is -0.00152. The van der Waals surface area contributed by atoms with Crippen LogP contribution in [0, 0.1) is 0 Å². The minimum absolute atomic E-state index is 0.0681. The van der Waals surface area contributed by atoms with Gasteiger partial charge in [0.2, 0.25) is 0 Å². The summed E-state index contributed by atoms with van der Waals surface area (Å²) in [6, 6.07) is 16.6. The van der Waals surface area contributed by atoms with E-state index in [1.165, 1.54) is 22.3 Å². The van der Waals surface area contributed by atoms with Gasteiger partial charge in [0.05, 0.1) is 46.2 Å². The van der Waals surface area contributed by atoms with Crippen molar-refractivity contribution in [2.24, 2.45) is 0 Å². The number of ether oxygens (including phenoxy) is 5. The molecular formula is C27H38N2O6. The average Bonchev–Trinajstić information content (AvgIpc) is 3.21. The number of alkyl carbamates (subject to hydrolysis) is 1. The molecule has 0 atom stereocenters. The summed E-state index contributed by atoms with van der Waals surface area (Å²) in [5.41, 5.74) is 4.85. The Kier molecular flexibility index (Phi) is 12.6. The molecule has 2 aromatic rings. The summed E-state index contributed by atoms with van der Waals surface area (Å²) in [5, 5.41) is 5.82. The molecule has 0 aromatic heterocycles. The predicted molar refractivity (Wildman–Crippen MR) is 135 cm³/mol. The fourth-order valence-electron chi connectivity index (χ4n) is 3.95. The van der Waals surface area contributed by atoms with Crippen molar-refractivity contribution in [1.82, 2.24) is 10.6 Å². The normalized spacial score (nSPS) is 12.4. The molecule has 0 saturated carbocycles. The summed E-state index contributed by atoms with van der Waals surface area (Å²) < 4.78 is 27.3. The second-order valence-corrected chi connectivity index (χ2v) is 8.16. The van der Waals surface area contributed by atoms with Crippen molar-refractivity contribution in [2.45, 2.75) is 12.3 Å². The summed E-state index contributed by atoms with van der Waals surface area (Å²) >= 11 is 0. The van der Waals surface area contributed by atoms with Gasteiger partial charge >= 0.3 is 6.09 Å². The van der Waals surface area contributed by atoms with Gasteiger partial charge in [-0.05, 0) is 35.7 Å². The Morgan fingerprint density at radius 3 is 1.80 bits per heavy atom. The van der Waals surface area contributed by atoms with E-state index in [2.05, 4.69) is 34.9 Å². The molecule has 0 aliphatic heterocycles. The highest BCUT2D eigenvalue weighted by atomic mass is 16.6. The van der Waals surface area contributed by atoms with E-state index in [0.29, 0.717) is 72.4 Å². The number of carbonyl (C=O) groups is 1. The van der Waals surface area contributed by atoms with Crippen LogP contribution in [0.1, 0.15) is 23.5 Å². The zero-order valence-electron chi connectivity index (χ0n) is 20.6. The van der Waals surface area contributed by atoms with Crippen LogP contribution >= 0.6 is 0 Å². The first-order valence-corrected chi connectivity index (χ1v) is 12.4. The lowest BCUT2D eigenvalue weighted by Gasteiger charge is -2.14. The second kappa shape index (κ2) is 16.2. The van der Waals surface area contributed by atoms with Crippen LogP contribution in [0.3, 0.4) is 0 Å². The van der Waals surface area contributed by atoms with Crippen LogP contribution in [-0.2, 0) is 23.7 Å². The summed E-state index contributed by atoms with van der Waals surface area (Å²) in [6.07, 6.45) is 0.309. The number of hydrogen-bond donors (Lipinski definition) is 2. The SMILES string of the molecule is CNCCOCCOCCOCCOCCCNC(=O)OCC1c2ccccc2-c2ccccc21. The van der Waals surface area contributed by atoms with E-state index < -0.39 is 6.09 Å². The molecule has 8 heteroatoms. The van der Waals surface area contributed by atoms with Crippen molar-refractivity contribution in [3.63, 3.8) is 0 Å². The van der Waals surface area contributed by atoms with Gasteiger partial charge in [-0.3, -0.25) is 0 Å². The van der Waals surface area contributed by atoms with E-state index in [1.54, 1.807) is 0 Å². The molecule has 0 bridgehead atoms. The number of hydrogen-bond acceptors (Lipinski definition) is 7. The molecule has 1 aliphatic carbocycles. The van der Waals surface area contributed by atoms with Gasteiger partial charge in [0.15, 0.2) is 0 Å². The summed E-state index contributed by atoms with van der Waals surface area (Å²) in [4.78, 5) is 12.2. The van der Waals surface area contributed by atoms with E-state index in [1.807, 2.05) is 31.3 Å². The van der Waals surface area contributed by atoms with Crippen LogP contribution < -0.4 is 10.6 Å². The monoisotopic (exact) mass is 486 g/mol. The van der Waals surface area contributed by atoms with Crippen LogP contribution in [0.25, 0.3) is 11.1 Å². The number of fused-ring (bicyclic) bond motifs is 3. The number of amides is 1. The Labute approximate surface area is 208 Å². The van der Waals surface area contributed by atoms with E-state index in [-0.39, 0.29) is 5.92 Å². The standard InChI is InChI=1S/C27H38N2O6/c1-28-12-14-32-16-18-34-20-19-33-17-15-31-13-6-11-29-27(30)35-21-26-24-9-4-2-7-22(24)23-8-3-5-10-25(23)26/h2-5,7-10,26,28H,6,11-21H2,1H3,(H,29,30). The Morgan fingerprint density at radius 1 is 0.714 bits per heavy atom. The maximum Gasteiger partial charge on any atom is 0.407 e. The van der Waals surface area contributed by atoms with Gasteiger partial charge in [0, 0.05) is 25.6 Å². The zero-order chi connectivity index (χ0) is 24.6. The van der Waals surface area contributed by atoms with Gasteiger partial charge in [-0.2, -0.15) is 0 Å². The maximum atomic E-state index is 12.2. The molecule has 192 valence electrons. The third kappa shape index (κ3) is 9.23. The van der Waals surface area contributed by atoms with Gasteiger partial charge in [-0.15, -0.1) is 0 Å². The molecule has 0 saturated heterocycles. The molecule has 3 rings (SSSR count). The summed E-state index contributed by atoms with van der Waals surface area (Å²) in [7, 11) is 1.89. The molecule has 0 fully saturated rings. The van der Waals surface area contributed by atoms with Crippen molar-refractivity contribution in [1.29, 1.82) is 0 Å². The molecule has 35 heavy (non-hydrogen) atoms. The third-order valence-electron chi connectivity index (χ3n) is 5.69. The second-order valence-electron chi connectivity index (χ2n) is 8.16. The van der Waals surface area contributed by atoms with Crippen LogP contribution in [0.2, 0.25) is 0 Å². The van der Waals surface area contributed by atoms with Crippen LogP contribution in [0.15, 0.2) is 48.5 Å². The van der Waals surface area contributed by atoms with Crippen molar-refractivity contribution < 1.29 is 28.5 Å². The molecule has 0 unspecified atom stereocenters. The van der Waals surface area contributed by atoms with E-state index in [9.17, 15) is 4.79 Å². The summed E-state index contributed by atoms with van der Waals surface area (Å²) in [5.74, 6) is 0.0681. The summed E-state index contributed by atoms with van der Waals surface area (Å²) in [6.45, 7) is 6.16. The Balaban J connectivity index is 1.16. The van der Waals surface area contributed by atoms with Gasteiger partial charge in [-0.25, -0.2) is 4.79 Å². The zero-order valence-corrected chi connectivity index (χ0v) is 20.6. The van der Waals surface area contributed by atoms with Crippen LogP contribution in [-0.4, -0.2) is 85.7 Å². The van der Waals surface area contributed by atoms with Crippen molar-refractivity contribution >= 4 is 6.09 Å². The Bertz CT molecular complexity index is 833. The highest BCUT2D eigenvalue weighted by Gasteiger charge is 2.28. The van der Waals surface area contributed by atoms with Crippen molar-refractivity contribution in [3.05, 3.63) is 59.7 Å². The third-order valence-corrected chi connectivity index (χ3v) is 5.69. The van der Waals surface area contributed by atoms with E-state index in [4.69, 9.17) is 23.7 Å². The molecule has 1 aliphatic rings. The minimum Gasteiger partial charge on any atom is -0.449 e. The maximum absolute atomic E-state index is 12.2. The largest absolute Gasteiger partial charge is 0.449 e. The van der Waals surface area contributed by atoms with Gasteiger partial charge in [0.1, 0.15) is 6.61 Å². The lowest BCUT2D eigenvalue weighted by atomic mass is 9.98. The quantitative estimate of drug-likeness (QED) is 0.313. The number of nitrogens with one attached hydrogen (secondary N) is 2. The lowest BCUT2D eigenvalue weighted by Crippen LogP contribution is -2.27. The van der Waals surface area contributed by atoms with E-state index in [0.717, 1.165) is 6.54 Å². The molecule has 2 N–H and O–H groups in total. The fourth-order valence-corrected chi connectivity index (χ4v) is 3.95. The molecule has 2 aromatic carbocycles. The van der Waals surface area contributed by atoms with Crippen LogP contribution in [0.4, 0.5) is 4.79 Å². The van der Waals surface area contributed by atoms with Crippen molar-refractivity contribution in [3.8, 4) is 11.1 Å². The van der Waals surface area contributed by atoms with Crippen LogP contribution in [0.5, 0.6) is 0 Å². The first kappa shape index (κ1) is 27.1. The topological polar surface area (TPSA) is 87.3 Å². The van der Waals surface area contributed by atoms with E-state index >= 15 is 0 Å². The minimum atomic E-state index is -0.400. The van der Waals surface area contributed by atoms with Crippen molar-refractivity contribution in [2.75, 3.05) is 79.6 Å². The number of carbonyl (C=O) groups excluding carboxylic acids is 1. The molecule has 0 radical (unpaired) electrons. The van der Waals surface area contributed by atoms with Gasteiger partial charge in [-0.1, -0.05) is 48.5 Å². The first-order valence-electron chi connectivity index (χ1n) is 12.4. The number of benzene rings is 2. The molecule has 0 spiro atoms.